The van der Waals surface area contributed by atoms with Gasteiger partial charge in [-0.25, -0.2) is 0 Å². The van der Waals surface area contributed by atoms with E-state index in [1.54, 1.807) is 0 Å². The highest BCUT2D eigenvalue weighted by Gasteiger charge is 2.27. The van der Waals surface area contributed by atoms with Crippen molar-refractivity contribution in [3.8, 4) is 0 Å². The molecule has 25 heavy (non-hydrogen) atoms. The average molecular weight is 338 g/mol. The monoisotopic (exact) mass is 338 g/mol. The van der Waals surface area contributed by atoms with Gasteiger partial charge in [-0.05, 0) is 63.1 Å². The van der Waals surface area contributed by atoms with Gasteiger partial charge < -0.3 is 10.4 Å². The first-order chi connectivity index (χ1) is 12.1. The summed E-state index contributed by atoms with van der Waals surface area (Å²) in [7, 11) is 0. The lowest BCUT2D eigenvalue weighted by atomic mass is 9.80. The fourth-order valence-corrected chi connectivity index (χ4v) is 3.63. The van der Waals surface area contributed by atoms with Crippen LogP contribution in [-0.2, 0) is 0 Å². The van der Waals surface area contributed by atoms with E-state index in [9.17, 15) is 9.90 Å². The number of pyridine rings is 1. The van der Waals surface area contributed by atoms with E-state index in [2.05, 4.69) is 5.32 Å². The van der Waals surface area contributed by atoms with Gasteiger partial charge >= 0.3 is 0 Å². The quantitative estimate of drug-likeness (QED) is 0.844. The smallest absolute Gasteiger partial charge is 0.252 e. The zero-order valence-corrected chi connectivity index (χ0v) is 14.8. The van der Waals surface area contributed by atoms with Gasteiger partial charge in [0.15, 0.2) is 0 Å². The zero-order chi connectivity index (χ0) is 17.4. The molecule has 2 N–H and O–H groups in total. The summed E-state index contributed by atoms with van der Waals surface area (Å²) < 4.78 is 0. The molecule has 0 spiro atoms. The molecule has 2 fully saturated rings. The maximum Gasteiger partial charge on any atom is 0.252 e. The number of aromatic nitrogens is 1. The number of fused-ring (bicyclic) bond motifs is 1. The molecule has 4 heteroatoms. The summed E-state index contributed by atoms with van der Waals surface area (Å²) in [5.41, 5.74) is 3.78. The number of aliphatic hydroxyl groups excluding tert-OH is 1. The van der Waals surface area contributed by atoms with Crippen LogP contribution in [0.25, 0.3) is 10.9 Å². The van der Waals surface area contributed by atoms with Crippen molar-refractivity contribution >= 4 is 16.8 Å². The van der Waals surface area contributed by atoms with Gasteiger partial charge in [-0.2, -0.15) is 0 Å². The molecule has 1 atom stereocenters. The van der Waals surface area contributed by atoms with Crippen molar-refractivity contribution in [3.05, 3.63) is 41.1 Å². The van der Waals surface area contributed by atoms with Gasteiger partial charge in [0.05, 0.1) is 17.2 Å². The number of carbonyl (C=O) groups is 1. The summed E-state index contributed by atoms with van der Waals surface area (Å²) in [5, 5.41) is 14.0. The van der Waals surface area contributed by atoms with E-state index in [4.69, 9.17) is 4.98 Å². The Hall–Kier alpha value is -1.94. The summed E-state index contributed by atoms with van der Waals surface area (Å²) in [6, 6.07) is 8.06. The molecule has 4 rings (SSSR count). The second kappa shape index (κ2) is 6.75. The largest absolute Gasteiger partial charge is 0.393 e. The Morgan fingerprint density at radius 1 is 1.28 bits per heavy atom. The third-order valence-electron chi connectivity index (χ3n) is 5.64. The molecule has 0 bridgehead atoms. The Balaban J connectivity index is 1.51. The van der Waals surface area contributed by atoms with Crippen LogP contribution in [0.4, 0.5) is 0 Å². The highest BCUT2D eigenvalue weighted by atomic mass is 16.3. The lowest BCUT2D eigenvalue weighted by molar-refractivity contribution is 0.0553. The van der Waals surface area contributed by atoms with Gasteiger partial charge in [0, 0.05) is 23.5 Å². The van der Waals surface area contributed by atoms with Gasteiger partial charge in [0.2, 0.25) is 0 Å². The number of aryl methyl sites for hydroxylation is 1. The summed E-state index contributed by atoms with van der Waals surface area (Å²) in [4.78, 5) is 17.5. The molecular formula is C21H26N2O2. The summed E-state index contributed by atoms with van der Waals surface area (Å²) >= 11 is 0. The number of hydrogen-bond donors (Lipinski definition) is 2. The SMILES string of the molecule is Cc1ccc2nc(C3CC3)cc(C(=O)NCCC(O)C3CCC3)c2c1. The first-order valence-electron chi connectivity index (χ1n) is 9.49. The van der Waals surface area contributed by atoms with Gasteiger partial charge in [-0.3, -0.25) is 9.78 Å². The number of nitrogens with one attached hydrogen (secondary N) is 1. The van der Waals surface area contributed by atoms with Crippen molar-refractivity contribution in [3.63, 3.8) is 0 Å². The molecular weight excluding hydrogens is 312 g/mol. The number of hydrogen-bond acceptors (Lipinski definition) is 3. The van der Waals surface area contributed by atoms with Crippen LogP contribution in [0.2, 0.25) is 0 Å². The lowest BCUT2D eigenvalue weighted by Gasteiger charge is -2.30. The maximum absolute atomic E-state index is 12.8. The number of amides is 1. The molecule has 0 saturated heterocycles. The fraction of sp³-hybridized carbons (Fsp3) is 0.524. The van der Waals surface area contributed by atoms with Crippen molar-refractivity contribution in [2.24, 2.45) is 5.92 Å². The molecule has 4 nitrogen and oxygen atoms in total. The Morgan fingerprint density at radius 2 is 2.08 bits per heavy atom. The van der Waals surface area contributed by atoms with Crippen LogP contribution < -0.4 is 5.32 Å². The van der Waals surface area contributed by atoms with E-state index >= 15 is 0 Å². The molecule has 1 heterocycles. The first kappa shape index (κ1) is 16.5. The van der Waals surface area contributed by atoms with Crippen LogP contribution in [0.1, 0.15) is 66.1 Å². The molecule has 0 radical (unpaired) electrons. The Labute approximate surface area is 148 Å². The van der Waals surface area contributed by atoms with Crippen molar-refractivity contribution in [2.75, 3.05) is 6.54 Å². The summed E-state index contributed by atoms with van der Waals surface area (Å²) in [5.74, 6) is 0.890. The standard InChI is InChI=1S/C21H26N2O2/c1-13-5-8-18-16(11-13)17(12-19(23-18)14-6-7-14)21(25)22-10-9-20(24)15-3-2-4-15/h5,8,11-12,14-15,20,24H,2-4,6-7,9-10H2,1H3,(H,22,25). The molecule has 132 valence electrons. The van der Waals surface area contributed by atoms with Crippen LogP contribution in [0.3, 0.4) is 0 Å². The molecule has 2 aliphatic rings. The van der Waals surface area contributed by atoms with E-state index in [1.807, 2.05) is 31.2 Å². The minimum absolute atomic E-state index is 0.0549. The van der Waals surface area contributed by atoms with E-state index < -0.39 is 0 Å². The van der Waals surface area contributed by atoms with Crippen molar-refractivity contribution in [2.45, 2.75) is 57.5 Å². The second-order valence-corrected chi connectivity index (χ2v) is 7.69. The number of rotatable bonds is 6. The van der Waals surface area contributed by atoms with Crippen molar-refractivity contribution < 1.29 is 9.90 Å². The Kier molecular flexibility index (Phi) is 4.46. The molecule has 2 aromatic rings. The first-order valence-corrected chi connectivity index (χ1v) is 9.49. The van der Waals surface area contributed by atoms with Gasteiger partial charge in [0.25, 0.3) is 5.91 Å². The minimum Gasteiger partial charge on any atom is -0.393 e. The van der Waals surface area contributed by atoms with Crippen LogP contribution >= 0.6 is 0 Å². The number of carbonyl (C=O) groups excluding carboxylic acids is 1. The van der Waals surface area contributed by atoms with E-state index in [0.29, 0.717) is 30.4 Å². The van der Waals surface area contributed by atoms with Crippen LogP contribution in [0.5, 0.6) is 0 Å². The number of benzene rings is 1. The van der Waals surface area contributed by atoms with Crippen molar-refractivity contribution in [1.82, 2.24) is 10.3 Å². The van der Waals surface area contributed by atoms with Gasteiger partial charge in [-0.15, -0.1) is 0 Å². The Bertz CT molecular complexity index is 794. The Morgan fingerprint density at radius 3 is 2.76 bits per heavy atom. The summed E-state index contributed by atoms with van der Waals surface area (Å²) in [6.07, 6.45) is 6.14. The van der Waals surface area contributed by atoms with E-state index in [0.717, 1.165) is 35.0 Å². The topological polar surface area (TPSA) is 62.2 Å². The lowest BCUT2D eigenvalue weighted by Crippen LogP contribution is -2.32. The summed E-state index contributed by atoms with van der Waals surface area (Å²) in [6.45, 7) is 2.55. The molecule has 1 amide bonds. The van der Waals surface area contributed by atoms with Crippen LogP contribution in [-0.4, -0.2) is 28.6 Å². The third-order valence-corrected chi connectivity index (χ3v) is 5.64. The normalized spacial score (nSPS) is 18.8. The van der Waals surface area contributed by atoms with Crippen LogP contribution in [0, 0.1) is 12.8 Å². The maximum atomic E-state index is 12.8. The number of nitrogens with zero attached hydrogens (tertiary/aromatic N) is 1. The molecule has 2 saturated carbocycles. The predicted molar refractivity (Wildman–Crippen MR) is 98.8 cm³/mol. The van der Waals surface area contributed by atoms with E-state index in [1.165, 1.54) is 19.3 Å². The van der Waals surface area contributed by atoms with Crippen molar-refractivity contribution in [1.29, 1.82) is 0 Å². The van der Waals surface area contributed by atoms with Gasteiger partial charge in [-0.1, -0.05) is 18.1 Å². The zero-order valence-electron chi connectivity index (χ0n) is 14.8. The van der Waals surface area contributed by atoms with E-state index in [-0.39, 0.29) is 12.0 Å². The third kappa shape index (κ3) is 3.54. The molecule has 0 aliphatic heterocycles. The highest BCUT2D eigenvalue weighted by Crippen LogP contribution is 2.40. The number of aliphatic hydroxyl groups is 1. The second-order valence-electron chi connectivity index (χ2n) is 7.69. The molecule has 1 aromatic carbocycles. The average Bonchev–Trinajstić information content (AvgIpc) is 3.37. The highest BCUT2D eigenvalue weighted by molar-refractivity contribution is 6.06. The predicted octanol–water partition coefficient (Wildman–Crippen LogP) is 3.70. The molecule has 1 aromatic heterocycles. The molecule has 1 unspecified atom stereocenters. The van der Waals surface area contributed by atoms with Gasteiger partial charge in [0.1, 0.15) is 0 Å². The minimum atomic E-state index is -0.285. The fourth-order valence-electron chi connectivity index (χ4n) is 3.63. The van der Waals surface area contributed by atoms with Crippen LogP contribution in [0.15, 0.2) is 24.3 Å². The molecule has 2 aliphatic carbocycles.